The van der Waals surface area contributed by atoms with Crippen LogP contribution >= 0.6 is 15.9 Å². The highest BCUT2D eigenvalue weighted by Crippen LogP contribution is 2.27. The second kappa shape index (κ2) is 10.9. The Morgan fingerprint density at radius 3 is 2.47 bits per heavy atom. The van der Waals surface area contributed by atoms with E-state index in [-0.39, 0.29) is 5.92 Å². The maximum atomic E-state index is 13.5. The van der Waals surface area contributed by atoms with Gasteiger partial charge in [-0.15, -0.1) is 0 Å². The van der Waals surface area contributed by atoms with E-state index in [4.69, 9.17) is 0 Å². The zero-order chi connectivity index (χ0) is 22.5. The molecule has 2 saturated heterocycles. The summed E-state index contributed by atoms with van der Waals surface area (Å²) in [5.41, 5.74) is 2.61. The molecule has 0 aliphatic carbocycles. The van der Waals surface area contributed by atoms with E-state index in [1.165, 1.54) is 11.1 Å². The highest BCUT2D eigenvalue weighted by atomic mass is 79.9. The number of hydrogen-bond acceptors (Lipinski definition) is 4. The molecule has 4 rings (SSSR count). The summed E-state index contributed by atoms with van der Waals surface area (Å²) in [6, 6.07) is 13.3. The summed E-state index contributed by atoms with van der Waals surface area (Å²) in [5.74, 6) is 0.549. The van der Waals surface area contributed by atoms with Crippen LogP contribution in [-0.4, -0.2) is 63.9 Å². The quantitative estimate of drug-likeness (QED) is 0.584. The van der Waals surface area contributed by atoms with E-state index >= 15 is 0 Å². The van der Waals surface area contributed by atoms with E-state index in [1.54, 1.807) is 0 Å². The molecule has 172 valence electrons. The number of benzene rings is 1. The number of nitrogens with zero attached hydrogens (tertiary/aromatic N) is 4. The molecule has 2 aliphatic heterocycles. The summed E-state index contributed by atoms with van der Waals surface area (Å²) in [5, 5.41) is 0. The number of carbonyl (C=O) groups is 1. The molecule has 2 fully saturated rings. The molecule has 2 aromatic rings. The van der Waals surface area contributed by atoms with Gasteiger partial charge in [-0.1, -0.05) is 41.1 Å². The maximum Gasteiger partial charge on any atom is 0.226 e. The number of piperazine rings is 1. The number of amides is 1. The summed E-state index contributed by atoms with van der Waals surface area (Å²) in [6.07, 6.45) is 6.64. The number of carbonyl (C=O) groups excluding carboxylic acids is 1. The lowest BCUT2D eigenvalue weighted by atomic mass is 9.92. The molecule has 2 aliphatic rings. The van der Waals surface area contributed by atoms with Crippen LogP contribution in [0, 0.1) is 5.92 Å². The number of aromatic nitrogens is 1. The van der Waals surface area contributed by atoms with Gasteiger partial charge in [-0.3, -0.25) is 19.6 Å². The van der Waals surface area contributed by atoms with E-state index in [1.807, 2.05) is 12.4 Å². The van der Waals surface area contributed by atoms with Crippen molar-refractivity contribution in [2.75, 3.05) is 26.2 Å². The predicted octanol–water partition coefficient (Wildman–Crippen LogP) is 4.57. The van der Waals surface area contributed by atoms with Gasteiger partial charge in [0.1, 0.15) is 0 Å². The van der Waals surface area contributed by atoms with Crippen LogP contribution in [0.3, 0.4) is 0 Å². The van der Waals surface area contributed by atoms with Crippen LogP contribution < -0.4 is 0 Å². The lowest BCUT2D eigenvalue weighted by Crippen LogP contribution is -2.60. The summed E-state index contributed by atoms with van der Waals surface area (Å²) in [6.45, 7) is 10.1. The van der Waals surface area contributed by atoms with Gasteiger partial charge in [0.05, 0.1) is 0 Å². The highest BCUT2D eigenvalue weighted by molar-refractivity contribution is 9.10. The highest BCUT2D eigenvalue weighted by Gasteiger charge is 2.37. The van der Waals surface area contributed by atoms with Crippen LogP contribution in [0.1, 0.15) is 44.2 Å². The van der Waals surface area contributed by atoms with E-state index in [0.717, 1.165) is 63.0 Å². The summed E-state index contributed by atoms with van der Waals surface area (Å²) >= 11 is 3.69. The summed E-state index contributed by atoms with van der Waals surface area (Å²) < 4.78 is 1.16. The molecule has 0 spiro atoms. The molecule has 2 unspecified atom stereocenters. The monoisotopic (exact) mass is 498 g/mol. The third-order valence-electron chi connectivity index (χ3n) is 7.15. The van der Waals surface area contributed by atoms with Crippen molar-refractivity contribution in [2.24, 2.45) is 5.92 Å². The van der Waals surface area contributed by atoms with Crippen molar-refractivity contribution in [1.29, 1.82) is 0 Å². The molecule has 0 N–H and O–H groups in total. The van der Waals surface area contributed by atoms with Crippen LogP contribution in [0.5, 0.6) is 0 Å². The number of pyridine rings is 1. The molecule has 0 radical (unpaired) electrons. The lowest BCUT2D eigenvalue weighted by molar-refractivity contribution is -0.144. The fraction of sp³-hybridized carbons (Fsp3) is 0.538. The van der Waals surface area contributed by atoms with Crippen molar-refractivity contribution in [2.45, 2.75) is 58.3 Å². The molecule has 1 amide bonds. The van der Waals surface area contributed by atoms with Crippen LogP contribution in [0.2, 0.25) is 0 Å². The van der Waals surface area contributed by atoms with Gasteiger partial charge >= 0.3 is 0 Å². The first kappa shape index (κ1) is 23.4. The zero-order valence-electron chi connectivity index (χ0n) is 19.3. The molecule has 0 saturated carbocycles. The van der Waals surface area contributed by atoms with Crippen molar-refractivity contribution in [3.05, 3.63) is 64.4 Å². The van der Waals surface area contributed by atoms with Gasteiger partial charge in [-0.2, -0.15) is 0 Å². The summed E-state index contributed by atoms with van der Waals surface area (Å²) in [4.78, 5) is 24.8. The normalized spacial score (nSPS) is 23.4. The number of rotatable bonds is 6. The Kier molecular flexibility index (Phi) is 7.98. The lowest BCUT2D eigenvalue weighted by Gasteiger charge is -2.47. The molecule has 0 bridgehead atoms. The average molecular weight is 499 g/mol. The molecular weight excluding hydrogens is 464 g/mol. The van der Waals surface area contributed by atoms with Gasteiger partial charge in [0.25, 0.3) is 0 Å². The van der Waals surface area contributed by atoms with Crippen molar-refractivity contribution in [3.63, 3.8) is 0 Å². The first-order chi connectivity index (χ1) is 15.5. The Morgan fingerprint density at radius 2 is 1.78 bits per heavy atom. The number of piperidine rings is 1. The van der Waals surface area contributed by atoms with Crippen molar-refractivity contribution in [1.82, 2.24) is 19.7 Å². The second-order valence-electron chi connectivity index (χ2n) is 9.33. The SMILES string of the molecule is CCC1CN(Cc2ccccc2Br)C(C)CN1C(=O)C1CCN(Cc2ccncc2)CC1. The Hall–Kier alpha value is -1.76. The van der Waals surface area contributed by atoms with E-state index < -0.39 is 0 Å². The first-order valence-corrected chi connectivity index (χ1v) is 12.7. The maximum absolute atomic E-state index is 13.5. The van der Waals surface area contributed by atoms with Gasteiger partial charge in [-0.25, -0.2) is 0 Å². The Balaban J connectivity index is 1.33. The van der Waals surface area contributed by atoms with Gasteiger partial charge in [0, 0.05) is 61.0 Å². The molecular formula is C26H35BrN4O. The standard InChI is InChI=1S/C26H35BrN4O/c1-3-24-19-30(18-23-6-4-5-7-25(23)27)20(2)16-31(24)26(32)22-10-14-29(15-11-22)17-21-8-12-28-13-9-21/h4-9,12-13,20,22,24H,3,10-11,14-19H2,1-2H3. The fourth-order valence-corrected chi connectivity index (χ4v) is 5.51. The largest absolute Gasteiger partial charge is 0.337 e. The van der Waals surface area contributed by atoms with E-state index in [9.17, 15) is 4.79 Å². The molecule has 2 atom stereocenters. The minimum atomic E-state index is 0.166. The van der Waals surface area contributed by atoms with Crippen LogP contribution in [0.15, 0.2) is 53.3 Å². The Labute approximate surface area is 200 Å². The Bertz CT molecular complexity index is 884. The molecule has 5 nitrogen and oxygen atoms in total. The van der Waals surface area contributed by atoms with E-state index in [0.29, 0.717) is 18.0 Å². The predicted molar refractivity (Wildman–Crippen MR) is 132 cm³/mol. The van der Waals surface area contributed by atoms with Crippen molar-refractivity contribution in [3.8, 4) is 0 Å². The van der Waals surface area contributed by atoms with Gasteiger partial charge in [0.2, 0.25) is 5.91 Å². The van der Waals surface area contributed by atoms with Gasteiger partial charge in [0.15, 0.2) is 0 Å². The third-order valence-corrected chi connectivity index (χ3v) is 7.92. The fourth-order valence-electron chi connectivity index (χ4n) is 5.10. The minimum absolute atomic E-state index is 0.166. The van der Waals surface area contributed by atoms with E-state index in [2.05, 4.69) is 85.9 Å². The molecule has 3 heterocycles. The van der Waals surface area contributed by atoms with Gasteiger partial charge in [-0.05, 0) is 68.6 Å². The average Bonchev–Trinajstić information content (AvgIpc) is 2.82. The third kappa shape index (κ3) is 5.59. The number of halogens is 1. The molecule has 6 heteroatoms. The van der Waals surface area contributed by atoms with Crippen molar-refractivity contribution >= 4 is 21.8 Å². The van der Waals surface area contributed by atoms with Crippen LogP contribution in [0.25, 0.3) is 0 Å². The zero-order valence-corrected chi connectivity index (χ0v) is 20.9. The second-order valence-corrected chi connectivity index (χ2v) is 10.2. The van der Waals surface area contributed by atoms with Crippen molar-refractivity contribution < 1.29 is 4.79 Å². The minimum Gasteiger partial charge on any atom is -0.337 e. The van der Waals surface area contributed by atoms with Crippen LogP contribution in [0.4, 0.5) is 0 Å². The molecule has 1 aromatic carbocycles. The Morgan fingerprint density at radius 1 is 1.06 bits per heavy atom. The summed E-state index contributed by atoms with van der Waals surface area (Å²) in [7, 11) is 0. The number of likely N-dealkylation sites (tertiary alicyclic amines) is 1. The topological polar surface area (TPSA) is 39.7 Å². The molecule has 32 heavy (non-hydrogen) atoms. The van der Waals surface area contributed by atoms with Crippen LogP contribution in [-0.2, 0) is 17.9 Å². The van der Waals surface area contributed by atoms with Gasteiger partial charge < -0.3 is 4.90 Å². The first-order valence-electron chi connectivity index (χ1n) is 11.9. The number of hydrogen-bond donors (Lipinski definition) is 0. The smallest absolute Gasteiger partial charge is 0.226 e. The molecule has 1 aromatic heterocycles.